The van der Waals surface area contributed by atoms with Gasteiger partial charge < -0.3 is 4.90 Å². The van der Waals surface area contributed by atoms with Crippen LogP contribution in [0.3, 0.4) is 0 Å². The fourth-order valence-corrected chi connectivity index (χ4v) is 2.89. The van der Waals surface area contributed by atoms with E-state index < -0.39 is 0 Å². The number of hydrogen-bond acceptors (Lipinski definition) is 2. The molecule has 2 rings (SSSR count). The first-order valence-electron chi connectivity index (χ1n) is 5.99. The van der Waals surface area contributed by atoms with Gasteiger partial charge in [-0.25, -0.2) is 0 Å². The minimum absolute atomic E-state index is 0.364. The van der Waals surface area contributed by atoms with E-state index in [9.17, 15) is 4.79 Å². The van der Waals surface area contributed by atoms with Gasteiger partial charge in [-0.15, -0.1) is 0 Å². The van der Waals surface area contributed by atoms with Crippen molar-refractivity contribution in [2.75, 3.05) is 20.1 Å². The van der Waals surface area contributed by atoms with E-state index in [1.807, 2.05) is 0 Å². The van der Waals surface area contributed by atoms with Crippen molar-refractivity contribution >= 4 is 5.78 Å². The van der Waals surface area contributed by atoms with Crippen LogP contribution in [0.25, 0.3) is 0 Å². The molecule has 2 aliphatic rings. The summed E-state index contributed by atoms with van der Waals surface area (Å²) in [7, 11) is 2.12. The predicted molar refractivity (Wildman–Crippen MR) is 57.2 cm³/mol. The summed E-state index contributed by atoms with van der Waals surface area (Å²) in [6.07, 6.45) is 7.33. The number of carbonyl (C=O) groups excluding carboxylic acids is 1. The van der Waals surface area contributed by atoms with E-state index in [1.165, 1.54) is 32.1 Å². The zero-order valence-electron chi connectivity index (χ0n) is 9.17. The van der Waals surface area contributed by atoms with Crippen LogP contribution in [0, 0.1) is 11.8 Å². The van der Waals surface area contributed by atoms with Gasteiger partial charge >= 0.3 is 0 Å². The van der Waals surface area contributed by atoms with Crippen LogP contribution in [0.4, 0.5) is 0 Å². The molecule has 0 spiro atoms. The van der Waals surface area contributed by atoms with Gasteiger partial charge in [0.1, 0.15) is 5.78 Å². The number of ketones is 1. The molecule has 2 nitrogen and oxygen atoms in total. The molecule has 1 heterocycles. The first kappa shape index (κ1) is 10.2. The molecule has 0 aromatic carbocycles. The van der Waals surface area contributed by atoms with Crippen LogP contribution in [0.1, 0.15) is 38.5 Å². The lowest BCUT2D eigenvalue weighted by molar-refractivity contribution is -0.127. The Bertz CT molecular complexity index is 202. The van der Waals surface area contributed by atoms with Crippen LogP contribution in [-0.2, 0) is 4.79 Å². The van der Waals surface area contributed by atoms with Gasteiger partial charge in [0, 0.05) is 18.4 Å². The molecule has 0 N–H and O–H groups in total. The fourth-order valence-electron chi connectivity index (χ4n) is 2.89. The second-order valence-electron chi connectivity index (χ2n) is 4.99. The molecule has 80 valence electrons. The van der Waals surface area contributed by atoms with Crippen LogP contribution in [-0.4, -0.2) is 30.8 Å². The molecule has 1 aliphatic carbocycles. The number of rotatable bonds is 2. The lowest BCUT2D eigenvalue weighted by Gasteiger charge is -2.23. The molecule has 1 saturated heterocycles. The zero-order valence-corrected chi connectivity index (χ0v) is 9.17. The second kappa shape index (κ2) is 4.43. The Kier molecular flexibility index (Phi) is 3.22. The van der Waals surface area contributed by atoms with Gasteiger partial charge in [0.25, 0.3) is 0 Å². The Labute approximate surface area is 86.7 Å². The third kappa shape index (κ3) is 2.17. The molecule has 14 heavy (non-hydrogen) atoms. The van der Waals surface area contributed by atoms with Crippen molar-refractivity contribution in [3.8, 4) is 0 Å². The topological polar surface area (TPSA) is 20.3 Å². The highest BCUT2D eigenvalue weighted by Crippen LogP contribution is 2.29. The molecule has 1 unspecified atom stereocenters. The zero-order chi connectivity index (χ0) is 9.97. The highest BCUT2D eigenvalue weighted by Gasteiger charge is 2.31. The summed E-state index contributed by atoms with van der Waals surface area (Å²) in [5.41, 5.74) is 0. The number of Topliss-reactive ketones (excluding diaryl/α,β-unsaturated/α-hetero) is 1. The van der Waals surface area contributed by atoms with E-state index in [2.05, 4.69) is 11.9 Å². The average molecular weight is 195 g/mol. The summed E-state index contributed by atoms with van der Waals surface area (Å²) in [4.78, 5) is 14.4. The standard InChI is InChI=1S/C12H21NO/c1-13-8-7-11(9-13)12(14)10-5-3-2-4-6-10/h10-11H,2-9H2,1H3. The first-order valence-corrected chi connectivity index (χ1v) is 5.99. The number of likely N-dealkylation sites (tertiary alicyclic amines) is 1. The Morgan fingerprint density at radius 1 is 1.07 bits per heavy atom. The summed E-state index contributed by atoms with van der Waals surface area (Å²) >= 11 is 0. The molecule has 1 saturated carbocycles. The molecule has 1 aliphatic heterocycles. The molecule has 0 aromatic rings. The minimum Gasteiger partial charge on any atom is -0.306 e. The maximum atomic E-state index is 12.1. The van der Waals surface area contributed by atoms with Crippen molar-refractivity contribution < 1.29 is 4.79 Å². The Hall–Kier alpha value is -0.370. The average Bonchev–Trinajstić information content (AvgIpc) is 2.65. The van der Waals surface area contributed by atoms with Crippen molar-refractivity contribution in [1.29, 1.82) is 0 Å². The Balaban J connectivity index is 1.87. The molecule has 2 heteroatoms. The summed E-state index contributed by atoms with van der Waals surface area (Å²) < 4.78 is 0. The lowest BCUT2D eigenvalue weighted by atomic mass is 9.81. The molecule has 0 amide bonds. The van der Waals surface area contributed by atoms with E-state index in [-0.39, 0.29) is 0 Å². The fraction of sp³-hybridized carbons (Fsp3) is 0.917. The minimum atomic E-state index is 0.364. The van der Waals surface area contributed by atoms with Gasteiger partial charge in [0.2, 0.25) is 0 Å². The molecule has 0 bridgehead atoms. The molecule has 0 radical (unpaired) electrons. The van der Waals surface area contributed by atoms with Crippen LogP contribution in [0.2, 0.25) is 0 Å². The third-order valence-electron chi connectivity index (χ3n) is 3.80. The van der Waals surface area contributed by atoms with Gasteiger partial charge in [-0.1, -0.05) is 19.3 Å². The van der Waals surface area contributed by atoms with Gasteiger partial charge in [-0.05, 0) is 32.9 Å². The summed E-state index contributed by atoms with van der Waals surface area (Å²) in [6, 6.07) is 0. The van der Waals surface area contributed by atoms with Crippen LogP contribution in [0.5, 0.6) is 0 Å². The maximum absolute atomic E-state index is 12.1. The molecular formula is C12H21NO. The van der Waals surface area contributed by atoms with Crippen molar-refractivity contribution in [1.82, 2.24) is 4.90 Å². The number of nitrogens with zero attached hydrogens (tertiary/aromatic N) is 1. The van der Waals surface area contributed by atoms with Crippen molar-refractivity contribution in [2.45, 2.75) is 38.5 Å². The summed E-state index contributed by atoms with van der Waals surface area (Å²) in [5, 5.41) is 0. The number of carbonyl (C=O) groups is 1. The van der Waals surface area contributed by atoms with Crippen molar-refractivity contribution in [3.63, 3.8) is 0 Å². The normalized spacial score (nSPS) is 30.8. The quantitative estimate of drug-likeness (QED) is 0.672. The van der Waals surface area contributed by atoms with Crippen LogP contribution in [0.15, 0.2) is 0 Å². The second-order valence-corrected chi connectivity index (χ2v) is 4.99. The highest BCUT2D eigenvalue weighted by molar-refractivity contribution is 5.84. The van der Waals surface area contributed by atoms with Crippen LogP contribution >= 0.6 is 0 Å². The van der Waals surface area contributed by atoms with E-state index in [0.29, 0.717) is 17.6 Å². The smallest absolute Gasteiger partial charge is 0.140 e. The van der Waals surface area contributed by atoms with Gasteiger partial charge in [0.05, 0.1) is 0 Å². The Morgan fingerprint density at radius 2 is 1.79 bits per heavy atom. The maximum Gasteiger partial charge on any atom is 0.140 e. The van der Waals surface area contributed by atoms with E-state index in [0.717, 1.165) is 19.5 Å². The number of hydrogen-bond donors (Lipinski definition) is 0. The van der Waals surface area contributed by atoms with Crippen molar-refractivity contribution in [2.24, 2.45) is 11.8 Å². The molecule has 2 fully saturated rings. The summed E-state index contributed by atoms with van der Waals surface area (Å²) in [6.45, 7) is 2.12. The van der Waals surface area contributed by atoms with E-state index >= 15 is 0 Å². The molecular weight excluding hydrogens is 174 g/mol. The largest absolute Gasteiger partial charge is 0.306 e. The SMILES string of the molecule is CN1CCC(C(=O)C2CCCCC2)C1. The predicted octanol–water partition coefficient (Wildman–Crippen LogP) is 2.09. The van der Waals surface area contributed by atoms with Gasteiger partial charge in [0.15, 0.2) is 0 Å². The monoisotopic (exact) mass is 195 g/mol. The highest BCUT2D eigenvalue weighted by atomic mass is 16.1. The molecule has 1 atom stereocenters. The van der Waals surface area contributed by atoms with Gasteiger partial charge in [-0.3, -0.25) is 4.79 Å². The first-order chi connectivity index (χ1) is 6.77. The lowest BCUT2D eigenvalue weighted by Crippen LogP contribution is -2.27. The van der Waals surface area contributed by atoms with Gasteiger partial charge in [-0.2, -0.15) is 0 Å². The summed E-state index contributed by atoms with van der Waals surface area (Å²) in [5.74, 6) is 1.36. The van der Waals surface area contributed by atoms with Crippen molar-refractivity contribution in [3.05, 3.63) is 0 Å². The van der Waals surface area contributed by atoms with E-state index in [4.69, 9.17) is 0 Å². The third-order valence-corrected chi connectivity index (χ3v) is 3.80. The van der Waals surface area contributed by atoms with Crippen LogP contribution < -0.4 is 0 Å². The molecule has 0 aromatic heterocycles. The Morgan fingerprint density at radius 3 is 2.36 bits per heavy atom. The van der Waals surface area contributed by atoms with E-state index in [1.54, 1.807) is 0 Å².